The number of nitrogens with one attached hydrogen (secondary N) is 2. The van der Waals surface area contributed by atoms with Crippen LogP contribution in [0.5, 0.6) is 0 Å². The summed E-state index contributed by atoms with van der Waals surface area (Å²) >= 11 is 5.90. The van der Waals surface area contributed by atoms with Crippen LogP contribution in [0.25, 0.3) is 0 Å². The Morgan fingerprint density at radius 1 is 1.36 bits per heavy atom. The molecule has 1 heterocycles. The van der Waals surface area contributed by atoms with Crippen molar-refractivity contribution in [1.29, 1.82) is 0 Å². The molecule has 25 heavy (non-hydrogen) atoms. The topological polar surface area (TPSA) is 70.7 Å². The number of halogens is 2. The first kappa shape index (κ1) is 21.7. The number of amides is 2. The largest absolute Gasteiger partial charge is 0.384 e. The van der Waals surface area contributed by atoms with E-state index in [1.54, 1.807) is 38.4 Å². The average Bonchev–Trinajstić information content (AvgIpc) is 2.55. The maximum atomic E-state index is 12.9. The molecule has 1 aliphatic heterocycles. The van der Waals surface area contributed by atoms with Gasteiger partial charge in [-0.05, 0) is 44.1 Å². The zero-order chi connectivity index (χ0) is 17.6. The minimum absolute atomic E-state index is 0. The molecule has 1 fully saturated rings. The van der Waals surface area contributed by atoms with E-state index in [1.165, 1.54) is 4.90 Å². The summed E-state index contributed by atoms with van der Waals surface area (Å²) in [5, 5.41) is 6.55. The summed E-state index contributed by atoms with van der Waals surface area (Å²) in [5.74, 6) is -0.304. The maximum Gasteiger partial charge on any atom is 0.243 e. The van der Waals surface area contributed by atoms with E-state index in [0.717, 1.165) is 13.1 Å². The molecular formula is C17H25Cl2N3O3. The van der Waals surface area contributed by atoms with E-state index in [1.807, 2.05) is 0 Å². The van der Waals surface area contributed by atoms with Crippen molar-refractivity contribution >= 4 is 41.5 Å². The van der Waals surface area contributed by atoms with Crippen LogP contribution in [0.15, 0.2) is 24.3 Å². The van der Waals surface area contributed by atoms with Crippen molar-refractivity contribution in [2.75, 3.05) is 45.7 Å². The molecule has 0 unspecified atom stereocenters. The predicted molar refractivity (Wildman–Crippen MR) is 101 cm³/mol. The molecule has 0 bridgehead atoms. The quantitative estimate of drug-likeness (QED) is 0.781. The van der Waals surface area contributed by atoms with Gasteiger partial charge in [-0.3, -0.25) is 9.59 Å². The molecule has 2 amide bonds. The van der Waals surface area contributed by atoms with E-state index in [2.05, 4.69) is 10.6 Å². The van der Waals surface area contributed by atoms with Gasteiger partial charge in [-0.2, -0.15) is 0 Å². The van der Waals surface area contributed by atoms with Gasteiger partial charge >= 0.3 is 0 Å². The zero-order valence-electron chi connectivity index (χ0n) is 14.5. The summed E-state index contributed by atoms with van der Waals surface area (Å²) in [5.41, 5.74) is 0.0623. The summed E-state index contributed by atoms with van der Waals surface area (Å²) in [4.78, 5) is 26.5. The van der Waals surface area contributed by atoms with Crippen molar-refractivity contribution in [3.63, 3.8) is 0 Å². The third kappa shape index (κ3) is 5.85. The Bertz CT molecular complexity index is 587. The normalized spacial score (nSPS) is 15.8. The van der Waals surface area contributed by atoms with Crippen molar-refractivity contribution in [2.24, 2.45) is 5.41 Å². The van der Waals surface area contributed by atoms with Gasteiger partial charge in [-0.1, -0.05) is 17.7 Å². The summed E-state index contributed by atoms with van der Waals surface area (Å²) < 4.78 is 5.28. The number of anilines is 1. The minimum Gasteiger partial charge on any atom is -0.384 e. The fourth-order valence-corrected chi connectivity index (χ4v) is 3.25. The van der Waals surface area contributed by atoms with Gasteiger partial charge in [0.1, 0.15) is 0 Å². The summed E-state index contributed by atoms with van der Waals surface area (Å²) in [7, 11) is 3.25. The van der Waals surface area contributed by atoms with Crippen LogP contribution < -0.4 is 10.6 Å². The fourth-order valence-electron chi connectivity index (χ4n) is 3.06. The second-order valence-corrected chi connectivity index (χ2v) is 6.62. The van der Waals surface area contributed by atoms with Crippen molar-refractivity contribution in [3.05, 3.63) is 29.3 Å². The number of hydrogen-bond acceptors (Lipinski definition) is 4. The highest BCUT2D eigenvalue weighted by Gasteiger charge is 2.41. The molecule has 8 heteroatoms. The fraction of sp³-hybridized carbons (Fsp3) is 0.529. The second kappa shape index (κ2) is 9.97. The van der Waals surface area contributed by atoms with Gasteiger partial charge in [-0.15, -0.1) is 12.4 Å². The first-order chi connectivity index (χ1) is 11.5. The Kier molecular flexibility index (Phi) is 8.65. The van der Waals surface area contributed by atoms with Gasteiger partial charge in [0.05, 0.1) is 18.6 Å². The van der Waals surface area contributed by atoms with Crippen molar-refractivity contribution in [2.45, 2.75) is 12.8 Å². The molecule has 0 radical (unpaired) electrons. The number of carbonyl (C=O) groups excluding carboxylic acids is 2. The van der Waals surface area contributed by atoms with Crippen LogP contribution in [0.4, 0.5) is 5.69 Å². The lowest BCUT2D eigenvalue weighted by Gasteiger charge is -2.38. The molecule has 6 nitrogen and oxygen atoms in total. The molecule has 2 N–H and O–H groups in total. The van der Waals surface area contributed by atoms with Crippen molar-refractivity contribution < 1.29 is 14.3 Å². The van der Waals surface area contributed by atoms with Gasteiger partial charge < -0.3 is 20.3 Å². The summed E-state index contributed by atoms with van der Waals surface area (Å²) in [6.07, 6.45) is 1.42. The van der Waals surface area contributed by atoms with Crippen LogP contribution in [0, 0.1) is 5.41 Å². The number of methoxy groups -OCH3 is 1. The van der Waals surface area contributed by atoms with Gasteiger partial charge in [0.25, 0.3) is 0 Å². The molecule has 1 aromatic rings. The first-order valence-electron chi connectivity index (χ1n) is 7.97. The SMILES string of the molecule is COCC1(C(=O)N(C)CC(=O)Nc2cccc(Cl)c2)CCNCC1.Cl. The predicted octanol–water partition coefficient (Wildman–Crippen LogP) is 2.17. The zero-order valence-corrected chi connectivity index (χ0v) is 16.1. The molecule has 1 aromatic carbocycles. The number of rotatable bonds is 6. The highest BCUT2D eigenvalue weighted by molar-refractivity contribution is 6.30. The molecule has 1 aliphatic rings. The molecule has 0 atom stereocenters. The number of ether oxygens (including phenoxy) is 1. The van der Waals surface area contributed by atoms with Gasteiger partial charge in [-0.25, -0.2) is 0 Å². The number of benzene rings is 1. The lowest BCUT2D eigenvalue weighted by molar-refractivity contribution is -0.147. The number of nitrogens with zero attached hydrogens (tertiary/aromatic N) is 1. The smallest absolute Gasteiger partial charge is 0.243 e. The van der Waals surface area contributed by atoms with Crippen LogP contribution in [-0.2, 0) is 14.3 Å². The number of piperidine rings is 1. The first-order valence-corrected chi connectivity index (χ1v) is 8.35. The van der Waals surface area contributed by atoms with E-state index in [-0.39, 0.29) is 30.8 Å². The maximum absolute atomic E-state index is 12.9. The summed E-state index contributed by atoms with van der Waals surface area (Å²) in [6.45, 7) is 1.91. The van der Waals surface area contributed by atoms with Crippen LogP contribution in [0.2, 0.25) is 5.02 Å². The molecular weight excluding hydrogens is 365 g/mol. The highest BCUT2D eigenvalue weighted by atomic mass is 35.5. The Balaban J connectivity index is 0.00000312. The third-order valence-corrected chi connectivity index (χ3v) is 4.51. The Hall–Kier alpha value is -1.34. The molecule has 0 aromatic heterocycles. The van der Waals surface area contributed by atoms with Crippen LogP contribution >= 0.6 is 24.0 Å². The molecule has 0 spiro atoms. The Morgan fingerprint density at radius 2 is 2.04 bits per heavy atom. The van der Waals surface area contributed by atoms with E-state index in [4.69, 9.17) is 16.3 Å². The molecule has 140 valence electrons. The lowest BCUT2D eigenvalue weighted by Crippen LogP contribution is -2.51. The molecule has 2 rings (SSSR count). The average molecular weight is 390 g/mol. The Labute approximate surface area is 159 Å². The highest BCUT2D eigenvalue weighted by Crippen LogP contribution is 2.31. The lowest BCUT2D eigenvalue weighted by atomic mass is 9.78. The van der Waals surface area contributed by atoms with Crippen LogP contribution in [0.1, 0.15) is 12.8 Å². The van der Waals surface area contributed by atoms with Gasteiger partial charge in [0.15, 0.2) is 0 Å². The van der Waals surface area contributed by atoms with Crippen LogP contribution in [0.3, 0.4) is 0 Å². The van der Waals surface area contributed by atoms with Gasteiger partial charge in [0.2, 0.25) is 11.8 Å². The summed E-state index contributed by atoms with van der Waals surface area (Å²) in [6, 6.07) is 6.92. The molecule has 0 saturated carbocycles. The van der Waals surface area contributed by atoms with E-state index in [9.17, 15) is 9.59 Å². The molecule has 1 saturated heterocycles. The molecule has 0 aliphatic carbocycles. The number of likely N-dealkylation sites (N-methyl/N-ethyl adjacent to an activating group) is 1. The Morgan fingerprint density at radius 3 is 2.64 bits per heavy atom. The van der Waals surface area contributed by atoms with Gasteiger partial charge in [0, 0.05) is 24.9 Å². The van der Waals surface area contributed by atoms with Crippen molar-refractivity contribution in [3.8, 4) is 0 Å². The van der Waals surface area contributed by atoms with E-state index in [0.29, 0.717) is 30.2 Å². The monoisotopic (exact) mass is 389 g/mol. The van der Waals surface area contributed by atoms with E-state index >= 15 is 0 Å². The minimum atomic E-state index is -0.551. The second-order valence-electron chi connectivity index (χ2n) is 6.18. The van der Waals surface area contributed by atoms with E-state index < -0.39 is 5.41 Å². The van der Waals surface area contributed by atoms with Crippen molar-refractivity contribution in [1.82, 2.24) is 10.2 Å². The standard InChI is InChI=1S/C17H24ClN3O3.ClH/c1-21(11-15(22)20-14-5-3-4-13(18)10-14)16(23)17(12-24-2)6-8-19-9-7-17;/h3-5,10,19H,6-9,11-12H2,1-2H3,(H,20,22);1H. The number of carbonyl (C=O) groups is 2. The number of hydrogen-bond donors (Lipinski definition) is 2. The third-order valence-electron chi connectivity index (χ3n) is 4.27. The van der Waals surface area contributed by atoms with Crippen LogP contribution in [-0.4, -0.2) is 57.1 Å².